The van der Waals surface area contributed by atoms with Crippen molar-refractivity contribution in [3.8, 4) is 0 Å². The Morgan fingerprint density at radius 1 is 1.21 bits per heavy atom. The van der Waals surface area contributed by atoms with Gasteiger partial charge in [-0.3, -0.25) is 0 Å². The average Bonchev–Trinajstić information content (AvgIpc) is 2.73. The van der Waals surface area contributed by atoms with Crippen LogP contribution < -0.4 is 0 Å². The first-order chi connectivity index (χ1) is 8.83. The number of carboxylic acids is 2. The molecule has 1 atom stereocenters. The first-order valence-electron chi connectivity index (χ1n) is 5.52. The Morgan fingerprint density at radius 2 is 1.89 bits per heavy atom. The van der Waals surface area contributed by atoms with Gasteiger partial charge in [0, 0.05) is 0 Å². The van der Waals surface area contributed by atoms with Crippen molar-refractivity contribution in [1.29, 1.82) is 0 Å². The van der Waals surface area contributed by atoms with Crippen LogP contribution in [0, 0.1) is 0 Å². The molecule has 1 aliphatic heterocycles. The van der Waals surface area contributed by atoms with Gasteiger partial charge in [0.25, 0.3) is 0 Å². The summed E-state index contributed by atoms with van der Waals surface area (Å²) in [6.45, 7) is 0. The predicted octanol–water partition coefficient (Wildman–Crippen LogP) is 0.711. The number of oxazole rings is 1. The molecule has 1 aromatic heterocycles. The van der Waals surface area contributed by atoms with Gasteiger partial charge in [0.2, 0.25) is 17.3 Å². The third-order valence-electron chi connectivity index (χ3n) is 2.89. The highest BCUT2D eigenvalue weighted by Crippen LogP contribution is 2.33. The molecule has 2 N–H and O–H groups in total. The van der Waals surface area contributed by atoms with Gasteiger partial charge in [-0.2, -0.15) is 0 Å². The number of aromatic carboxylic acids is 2. The van der Waals surface area contributed by atoms with Crippen LogP contribution in [0.3, 0.4) is 0 Å². The Hall–Kier alpha value is -1.90. The Kier molecular flexibility index (Phi) is 3.31. The van der Waals surface area contributed by atoms with Crippen molar-refractivity contribution in [2.75, 3.05) is 5.75 Å². The molecule has 0 amide bonds. The second kappa shape index (κ2) is 4.65. The van der Waals surface area contributed by atoms with E-state index in [0.29, 0.717) is 12.8 Å². The minimum atomic E-state index is -3.47. The van der Waals surface area contributed by atoms with Gasteiger partial charge in [0.1, 0.15) is 5.25 Å². The average molecular weight is 289 g/mol. The maximum absolute atomic E-state index is 11.8. The molecule has 0 aliphatic carbocycles. The fourth-order valence-electron chi connectivity index (χ4n) is 2.00. The number of nitrogens with zero attached hydrogens (tertiary/aromatic N) is 1. The van der Waals surface area contributed by atoms with Crippen molar-refractivity contribution in [3.63, 3.8) is 0 Å². The second-order valence-corrected chi connectivity index (χ2v) is 6.49. The third-order valence-corrected chi connectivity index (χ3v) is 5.06. The number of aromatic nitrogens is 1. The van der Waals surface area contributed by atoms with E-state index in [1.54, 1.807) is 0 Å². The van der Waals surface area contributed by atoms with Gasteiger partial charge in [-0.15, -0.1) is 0 Å². The van der Waals surface area contributed by atoms with Gasteiger partial charge in [-0.25, -0.2) is 23.0 Å². The molecule has 1 unspecified atom stereocenters. The molecule has 1 saturated heterocycles. The van der Waals surface area contributed by atoms with E-state index in [4.69, 9.17) is 14.6 Å². The summed E-state index contributed by atoms with van der Waals surface area (Å²) in [5.41, 5.74) is -0.775. The smallest absolute Gasteiger partial charge is 0.374 e. The number of sulfone groups is 1. The molecule has 8 nitrogen and oxygen atoms in total. The number of carbonyl (C=O) groups is 2. The first kappa shape index (κ1) is 13.5. The summed E-state index contributed by atoms with van der Waals surface area (Å²) < 4.78 is 28.5. The van der Waals surface area contributed by atoms with Gasteiger partial charge in [-0.1, -0.05) is 6.42 Å². The lowest BCUT2D eigenvalue weighted by Gasteiger charge is -2.18. The molecular weight excluding hydrogens is 278 g/mol. The van der Waals surface area contributed by atoms with E-state index in [2.05, 4.69) is 4.98 Å². The van der Waals surface area contributed by atoms with E-state index in [-0.39, 0.29) is 18.1 Å². The topological polar surface area (TPSA) is 135 Å². The van der Waals surface area contributed by atoms with Crippen molar-refractivity contribution in [3.05, 3.63) is 17.3 Å². The quantitative estimate of drug-likeness (QED) is 0.830. The highest BCUT2D eigenvalue weighted by molar-refractivity contribution is 7.91. The van der Waals surface area contributed by atoms with E-state index in [9.17, 15) is 18.0 Å². The molecule has 104 valence electrons. The maximum atomic E-state index is 11.8. The van der Waals surface area contributed by atoms with Crippen LogP contribution in [0.4, 0.5) is 0 Å². The molecule has 0 saturated carbocycles. The zero-order valence-corrected chi connectivity index (χ0v) is 10.5. The zero-order valence-electron chi connectivity index (χ0n) is 9.70. The van der Waals surface area contributed by atoms with E-state index >= 15 is 0 Å². The minimum Gasteiger partial charge on any atom is -0.476 e. The van der Waals surface area contributed by atoms with E-state index in [0.717, 1.165) is 0 Å². The lowest BCUT2D eigenvalue weighted by molar-refractivity contribution is 0.0623. The molecule has 2 rings (SSSR count). The molecule has 0 radical (unpaired) electrons. The highest BCUT2D eigenvalue weighted by Gasteiger charge is 2.37. The molecule has 0 spiro atoms. The molecule has 0 bridgehead atoms. The minimum absolute atomic E-state index is 0.0368. The van der Waals surface area contributed by atoms with Crippen LogP contribution in [-0.4, -0.2) is 41.3 Å². The zero-order chi connectivity index (χ0) is 14.2. The summed E-state index contributed by atoms with van der Waals surface area (Å²) in [6, 6.07) is 0. The summed E-state index contributed by atoms with van der Waals surface area (Å²) in [7, 11) is -3.47. The third kappa shape index (κ3) is 2.46. The van der Waals surface area contributed by atoms with Crippen LogP contribution in [0.2, 0.25) is 0 Å². The summed E-state index contributed by atoms with van der Waals surface area (Å²) in [5.74, 6) is -4.40. The van der Waals surface area contributed by atoms with Crippen LogP contribution in [0.25, 0.3) is 0 Å². The van der Waals surface area contributed by atoms with Gasteiger partial charge < -0.3 is 14.6 Å². The van der Waals surface area contributed by atoms with E-state index < -0.39 is 38.5 Å². The monoisotopic (exact) mass is 289 g/mol. The summed E-state index contributed by atoms with van der Waals surface area (Å²) in [6.07, 6.45) is 1.41. The standard InChI is InChI=1S/C10H11NO7S/c12-9(13)6-7(10(14)15)18-8(11-6)5-3-1-2-4-19(5,16)17/h5H,1-4H2,(H,12,13)(H,14,15). The normalized spacial score (nSPS) is 22.0. The Balaban J connectivity index is 2.49. The van der Waals surface area contributed by atoms with Crippen molar-refractivity contribution in [1.82, 2.24) is 4.98 Å². The van der Waals surface area contributed by atoms with E-state index in [1.165, 1.54) is 0 Å². The van der Waals surface area contributed by atoms with Crippen molar-refractivity contribution >= 4 is 21.8 Å². The fraction of sp³-hybridized carbons (Fsp3) is 0.500. The van der Waals surface area contributed by atoms with Gasteiger partial charge in [0.15, 0.2) is 9.84 Å². The largest absolute Gasteiger partial charge is 0.476 e. The number of rotatable bonds is 3. The molecule has 1 aromatic rings. The Labute approximate surface area is 108 Å². The van der Waals surface area contributed by atoms with Crippen molar-refractivity contribution < 1.29 is 32.6 Å². The second-order valence-electron chi connectivity index (χ2n) is 4.19. The van der Waals surface area contributed by atoms with Crippen LogP contribution in [0.15, 0.2) is 4.42 Å². The van der Waals surface area contributed by atoms with Gasteiger partial charge in [0.05, 0.1) is 5.75 Å². The summed E-state index contributed by atoms with van der Waals surface area (Å²) >= 11 is 0. The predicted molar refractivity (Wildman–Crippen MR) is 60.8 cm³/mol. The SMILES string of the molecule is O=C(O)c1nc(C2CCCCS2(=O)=O)oc1C(=O)O. The molecule has 1 fully saturated rings. The molecule has 9 heteroatoms. The summed E-state index contributed by atoms with van der Waals surface area (Å²) in [4.78, 5) is 25.2. The lowest BCUT2D eigenvalue weighted by atomic mass is 10.2. The first-order valence-corrected chi connectivity index (χ1v) is 7.23. The fourth-order valence-corrected chi connectivity index (χ4v) is 3.82. The molecule has 1 aliphatic rings. The Morgan fingerprint density at radius 3 is 2.37 bits per heavy atom. The van der Waals surface area contributed by atoms with Crippen molar-refractivity contribution in [2.24, 2.45) is 0 Å². The van der Waals surface area contributed by atoms with Crippen LogP contribution in [-0.2, 0) is 9.84 Å². The maximum Gasteiger partial charge on any atom is 0.374 e. The lowest BCUT2D eigenvalue weighted by Crippen LogP contribution is -2.22. The molecule has 0 aromatic carbocycles. The van der Waals surface area contributed by atoms with Crippen LogP contribution >= 0.6 is 0 Å². The van der Waals surface area contributed by atoms with Gasteiger partial charge >= 0.3 is 11.9 Å². The summed E-state index contributed by atoms with van der Waals surface area (Å²) in [5, 5.41) is 16.6. The number of hydrogen-bond donors (Lipinski definition) is 2. The number of carboxylic acid groups (broad SMARTS) is 2. The molecule has 2 heterocycles. The molecule has 19 heavy (non-hydrogen) atoms. The van der Waals surface area contributed by atoms with Gasteiger partial charge in [-0.05, 0) is 12.8 Å². The Bertz CT molecular complexity index is 599. The van der Waals surface area contributed by atoms with Crippen LogP contribution in [0.5, 0.6) is 0 Å². The molecular formula is C10H11NO7S. The highest BCUT2D eigenvalue weighted by atomic mass is 32.2. The number of hydrogen-bond acceptors (Lipinski definition) is 6. The van der Waals surface area contributed by atoms with Crippen molar-refractivity contribution in [2.45, 2.75) is 24.5 Å². The van der Waals surface area contributed by atoms with E-state index in [1.807, 2.05) is 0 Å². The van der Waals surface area contributed by atoms with Crippen LogP contribution in [0.1, 0.15) is 51.4 Å².